The standard InChI is InChI=1S/C41H40ClF4N5O4/c1-41(2,3)55-40(52)51-26-10-11-27(51)22-50(21-26)38-31-18-32(43)34(36(45)37(31)47-39(46)48-38)30-16-25(42)17-33(35(30)44)49(19-23-6-12-28(53-4)13-7-23)20-24-8-14-29(54-5)15-9-24/h6-9,12-18,26-27H,10-11,19-22H2,1-5H3/t26-,27+. The van der Waals surface area contributed by atoms with Gasteiger partial charge in [0.15, 0.2) is 11.6 Å². The maximum absolute atomic E-state index is 16.9. The number of rotatable bonds is 9. The van der Waals surface area contributed by atoms with Crippen LogP contribution in [0.5, 0.6) is 11.5 Å². The van der Waals surface area contributed by atoms with E-state index in [9.17, 15) is 4.79 Å². The Kier molecular flexibility index (Phi) is 10.4. The number of benzene rings is 4. The SMILES string of the molecule is COc1ccc(CN(Cc2ccc(OC)cc2)c2cc(Cl)cc(-c3c(F)cc4c(N5C[C@H]6CC[C@@H](C5)N6C(=O)OC(C)(C)C)nc(F)nc4c3F)c2F)cc1. The van der Waals surface area contributed by atoms with Gasteiger partial charge >= 0.3 is 12.2 Å². The molecule has 0 aliphatic carbocycles. The van der Waals surface area contributed by atoms with Crippen LogP contribution >= 0.6 is 11.6 Å². The van der Waals surface area contributed by atoms with Gasteiger partial charge in [0.25, 0.3) is 0 Å². The van der Waals surface area contributed by atoms with Crippen molar-refractivity contribution in [1.82, 2.24) is 14.9 Å². The zero-order valence-electron chi connectivity index (χ0n) is 31.0. The van der Waals surface area contributed by atoms with Crippen LogP contribution in [0.15, 0.2) is 66.7 Å². The van der Waals surface area contributed by atoms with E-state index in [4.69, 9.17) is 25.8 Å². The highest BCUT2D eigenvalue weighted by molar-refractivity contribution is 6.31. The monoisotopic (exact) mass is 777 g/mol. The molecule has 2 aliphatic heterocycles. The number of halogens is 5. The zero-order chi connectivity index (χ0) is 39.2. The third kappa shape index (κ3) is 7.80. The lowest BCUT2D eigenvalue weighted by Crippen LogP contribution is -2.57. The quantitative estimate of drug-likeness (QED) is 0.108. The van der Waals surface area contributed by atoms with Crippen LogP contribution in [0.3, 0.4) is 0 Å². The van der Waals surface area contributed by atoms with Gasteiger partial charge < -0.3 is 24.0 Å². The number of piperazine rings is 1. The van der Waals surface area contributed by atoms with Crippen molar-refractivity contribution in [3.8, 4) is 22.6 Å². The predicted molar refractivity (Wildman–Crippen MR) is 203 cm³/mol. The molecule has 0 radical (unpaired) electrons. The van der Waals surface area contributed by atoms with E-state index in [2.05, 4.69) is 9.97 Å². The Morgan fingerprint density at radius 1 is 0.836 bits per heavy atom. The summed E-state index contributed by atoms with van der Waals surface area (Å²) in [6.07, 6.45) is -0.348. The van der Waals surface area contributed by atoms with Gasteiger partial charge in [0.1, 0.15) is 34.3 Å². The number of ether oxygens (including phenoxy) is 3. The summed E-state index contributed by atoms with van der Waals surface area (Å²) in [6, 6.07) is 17.4. The van der Waals surface area contributed by atoms with Crippen molar-refractivity contribution >= 4 is 40.1 Å². The molecule has 1 aromatic heterocycles. The lowest BCUT2D eigenvalue weighted by Gasteiger charge is -2.42. The van der Waals surface area contributed by atoms with Gasteiger partial charge in [-0.2, -0.15) is 14.4 Å². The molecule has 14 heteroatoms. The highest BCUT2D eigenvalue weighted by Crippen LogP contribution is 2.42. The molecule has 2 atom stereocenters. The Morgan fingerprint density at radius 2 is 1.40 bits per heavy atom. The molecule has 2 bridgehead atoms. The summed E-state index contributed by atoms with van der Waals surface area (Å²) in [5.74, 6) is -2.05. The Bertz CT molecular complexity index is 2170. The third-order valence-electron chi connectivity index (χ3n) is 9.91. The Hall–Kier alpha value is -5.30. The van der Waals surface area contributed by atoms with Gasteiger partial charge in [0.05, 0.1) is 37.6 Å². The number of carbonyl (C=O) groups is 1. The van der Waals surface area contributed by atoms with Gasteiger partial charge in [-0.05, 0) is 87.2 Å². The van der Waals surface area contributed by atoms with E-state index in [0.717, 1.165) is 23.3 Å². The predicted octanol–water partition coefficient (Wildman–Crippen LogP) is 9.32. The molecule has 2 saturated heterocycles. The van der Waals surface area contributed by atoms with E-state index < -0.39 is 51.9 Å². The number of carbonyl (C=O) groups excluding carboxylic acids is 1. The van der Waals surface area contributed by atoms with Crippen LogP contribution in [0, 0.1) is 23.5 Å². The van der Waals surface area contributed by atoms with E-state index in [1.807, 2.05) is 24.3 Å². The molecular weight excluding hydrogens is 738 g/mol. The fourth-order valence-corrected chi connectivity index (χ4v) is 7.66. The summed E-state index contributed by atoms with van der Waals surface area (Å²) in [5.41, 5.74) is -0.825. The maximum Gasteiger partial charge on any atom is 0.410 e. The lowest BCUT2D eigenvalue weighted by atomic mass is 9.99. The van der Waals surface area contributed by atoms with E-state index in [1.54, 1.807) is 74.0 Å². The molecule has 288 valence electrons. The first-order valence-corrected chi connectivity index (χ1v) is 18.2. The average molecular weight is 778 g/mol. The third-order valence-corrected chi connectivity index (χ3v) is 10.1. The highest BCUT2D eigenvalue weighted by Gasteiger charge is 2.45. The number of hydrogen-bond acceptors (Lipinski definition) is 8. The topological polar surface area (TPSA) is 80.3 Å². The smallest absolute Gasteiger partial charge is 0.410 e. The number of aromatic nitrogens is 2. The summed E-state index contributed by atoms with van der Waals surface area (Å²) < 4.78 is 81.3. The van der Waals surface area contributed by atoms with Gasteiger partial charge in [-0.1, -0.05) is 35.9 Å². The van der Waals surface area contributed by atoms with E-state index in [-0.39, 0.29) is 60.2 Å². The zero-order valence-corrected chi connectivity index (χ0v) is 31.8. The first-order chi connectivity index (χ1) is 26.2. The molecular formula is C41H40ClF4N5O4. The van der Waals surface area contributed by atoms with Crippen molar-refractivity contribution < 1.29 is 36.6 Å². The number of hydrogen-bond donors (Lipinski definition) is 0. The molecule has 1 amide bonds. The summed E-state index contributed by atoms with van der Waals surface area (Å²) in [6.45, 7) is 6.21. The second kappa shape index (κ2) is 15.1. The van der Waals surface area contributed by atoms with Crippen molar-refractivity contribution in [3.63, 3.8) is 0 Å². The average Bonchev–Trinajstić information content (AvgIpc) is 3.42. The Morgan fingerprint density at radius 3 is 1.93 bits per heavy atom. The van der Waals surface area contributed by atoms with Crippen molar-refractivity contribution in [2.24, 2.45) is 0 Å². The van der Waals surface area contributed by atoms with Gasteiger partial charge in [-0.3, -0.25) is 4.90 Å². The Balaban J connectivity index is 1.27. The summed E-state index contributed by atoms with van der Waals surface area (Å²) >= 11 is 6.58. The minimum atomic E-state index is -1.27. The number of methoxy groups -OCH3 is 2. The van der Waals surface area contributed by atoms with Gasteiger partial charge in [0.2, 0.25) is 0 Å². The van der Waals surface area contributed by atoms with Crippen molar-refractivity contribution in [2.45, 2.75) is 64.4 Å². The van der Waals surface area contributed by atoms with Gasteiger partial charge in [-0.25, -0.2) is 18.0 Å². The molecule has 0 unspecified atom stereocenters. The molecule has 0 spiro atoms. The van der Waals surface area contributed by atoms with Crippen LogP contribution in [0.4, 0.5) is 33.9 Å². The highest BCUT2D eigenvalue weighted by atomic mass is 35.5. The minimum absolute atomic E-state index is 0.0130. The number of fused-ring (bicyclic) bond motifs is 3. The molecule has 5 aromatic rings. The first kappa shape index (κ1) is 38.0. The molecule has 0 N–H and O–H groups in total. The van der Waals surface area contributed by atoms with Crippen LogP contribution < -0.4 is 19.3 Å². The molecule has 2 fully saturated rings. The maximum atomic E-state index is 16.9. The van der Waals surface area contributed by atoms with E-state index in [1.165, 1.54) is 6.07 Å². The van der Waals surface area contributed by atoms with Crippen LogP contribution in [0.2, 0.25) is 5.02 Å². The fourth-order valence-electron chi connectivity index (χ4n) is 7.45. The van der Waals surface area contributed by atoms with Gasteiger partial charge in [0, 0.05) is 42.2 Å². The van der Waals surface area contributed by atoms with Crippen LogP contribution in [-0.4, -0.2) is 66.0 Å². The number of nitrogens with zero attached hydrogens (tertiary/aromatic N) is 5. The van der Waals surface area contributed by atoms with Crippen LogP contribution in [0.1, 0.15) is 44.7 Å². The summed E-state index contributed by atoms with van der Waals surface area (Å²) in [4.78, 5) is 25.8. The number of anilines is 2. The van der Waals surface area contributed by atoms with Crippen LogP contribution in [-0.2, 0) is 17.8 Å². The largest absolute Gasteiger partial charge is 0.497 e. The molecule has 7 rings (SSSR count). The Labute approximate surface area is 321 Å². The first-order valence-electron chi connectivity index (χ1n) is 17.8. The minimum Gasteiger partial charge on any atom is -0.497 e. The summed E-state index contributed by atoms with van der Waals surface area (Å²) in [7, 11) is 3.11. The summed E-state index contributed by atoms with van der Waals surface area (Å²) in [5, 5.41) is -0.0683. The molecule has 55 heavy (non-hydrogen) atoms. The van der Waals surface area contributed by atoms with E-state index in [0.29, 0.717) is 24.3 Å². The van der Waals surface area contributed by atoms with Gasteiger partial charge in [-0.15, -0.1) is 0 Å². The normalized spacial score (nSPS) is 16.8. The van der Waals surface area contributed by atoms with E-state index >= 15 is 17.6 Å². The van der Waals surface area contributed by atoms with Crippen molar-refractivity contribution in [3.05, 3.63) is 106 Å². The second-order valence-electron chi connectivity index (χ2n) is 14.8. The van der Waals surface area contributed by atoms with Crippen molar-refractivity contribution in [1.29, 1.82) is 0 Å². The lowest BCUT2D eigenvalue weighted by molar-refractivity contribution is 0.0122. The molecule has 2 aliphatic rings. The molecule has 9 nitrogen and oxygen atoms in total. The fraction of sp³-hybridized carbons (Fsp3) is 0.341. The molecule has 0 saturated carbocycles. The molecule has 4 aromatic carbocycles. The second-order valence-corrected chi connectivity index (χ2v) is 15.2. The van der Waals surface area contributed by atoms with Crippen LogP contribution in [0.25, 0.3) is 22.0 Å². The molecule has 3 heterocycles. The number of amides is 1. The van der Waals surface area contributed by atoms with Crippen molar-refractivity contribution in [2.75, 3.05) is 37.1 Å².